The summed E-state index contributed by atoms with van der Waals surface area (Å²) < 4.78 is 0. The summed E-state index contributed by atoms with van der Waals surface area (Å²) in [4.78, 5) is 23.0. The first-order valence-electron chi connectivity index (χ1n) is 9.04. The number of nitrogens with zero attached hydrogens (tertiary/aromatic N) is 3. The summed E-state index contributed by atoms with van der Waals surface area (Å²) >= 11 is 0. The number of nitrogens with one attached hydrogen (secondary N) is 2. The molecule has 3 aromatic rings. The van der Waals surface area contributed by atoms with E-state index in [1.807, 2.05) is 18.2 Å². The highest BCUT2D eigenvalue weighted by Crippen LogP contribution is 2.33. The highest BCUT2D eigenvalue weighted by molar-refractivity contribution is 5.96. The second-order valence-corrected chi connectivity index (χ2v) is 6.48. The number of aromatic nitrogens is 2. The third kappa shape index (κ3) is 3.68. The van der Waals surface area contributed by atoms with E-state index in [1.54, 1.807) is 24.3 Å². The first-order valence-corrected chi connectivity index (χ1v) is 9.04. The Kier molecular flexibility index (Phi) is 4.98. The fraction of sp³-hybridized carbons (Fsp3) is 0.0952. The van der Waals surface area contributed by atoms with Crippen molar-refractivity contribution in [3.63, 3.8) is 0 Å². The predicted octanol–water partition coefficient (Wildman–Crippen LogP) is 3.51. The van der Waals surface area contributed by atoms with Gasteiger partial charge in [-0.05, 0) is 36.6 Å². The van der Waals surface area contributed by atoms with Crippen molar-refractivity contribution < 1.29 is 9.72 Å². The van der Waals surface area contributed by atoms with Gasteiger partial charge in [-0.2, -0.15) is 10.2 Å². The molecule has 0 bridgehead atoms. The number of aryl methyl sites for hydroxylation is 1. The second kappa shape index (κ2) is 7.89. The topological polar surface area (TPSA) is 113 Å². The standard InChI is InChI=1S/C21H17N5O3/c27-21(25-22-13-5-8-15-7-2-4-10-18(15)26(28)29)20-17-12-11-14-6-1-3-9-16(14)19(17)23-24-20/h1-10,13H,11-12H2,(H,23,24)(H,25,27). The van der Waals surface area contributed by atoms with Crippen molar-refractivity contribution in [2.24, 2.45) is 5.10 Å². The van der Waals surface area contributed by atoms with Crippen LogP contribution >= 0.6 is 0 Å². The maximum absolute atomic E-state index is 12.5. The highest BCUT2D eigenvalue weighted by atomic mass is 16.6. The molecule has 4 rings (SSSR count). The van der Waals surface area contributed by atoms with Gasteiger partial charge in [-0.25, -0.2) is 5.43 Å². The molecular weight excluding hydrogens is 370 g/mol. The van der Waals surface area contributed by atoms with Gasteiger partial charge >= 0.3 is 0 Å². The summed E-state index contributed by atoms with van der Waals surface area (Å²) in [7, 11) is 0. The number of nitro groups is 1. The summed E-state index contributed by atoms with van der Waals surface area (Å²) in [6.45, 7) is 0. The molecule has 1 aliphatic carbocycles. The van der Waals surface area contributed by atoms with Crippen LogP contribution in [-0.4, -0.2) is 27.2 Å². The molecule has 144 valence electrons. The Morgan fingerprint density at radius 2 is 1.97 bits per heavy atom. The first-order chi connectivity index (χ1) is 14.1. The zero-order valence-corrected chi connectivity index (χ0v) is 15.3. The summed E-state index contributed by atoms with van der Waals surface area (Å²) in [5, 5.41) is 22.0. The lowest BCUT2D eigenvalue weighted by Crippen LogP contribution is -2.20. The molecule has 1 aromatic heterocycles. The van der Waals surface area contributed by atoms with Crippen LogP contribution in [0.4, 0.5) is 5.69 Å². The number of fused-ring (bicyclic) bond motifs is 3. The Balaban J connectivity index is 1.44. The van der Waals surface area contributed by atoms with Gasteiger partial charge < -0.3 is 0 Å². The molecule has 0 aliphatic heterocycles. The monoisotopic (exact) mass is 387 g/mol. The summed E-state index contributed by atoms with van der Waals surface area (Å²) in [6, 6.07) is 14.4. The largest absolute Gasteiger partial charge is 0.289 e. The van der Waals surface area contributed by atoms with Gasteiger partial charge in [-0.15, -0.1) is 0 Å². The highest BCUT2D eigenvalue weighted by Gasteiger charge is 2.24. The van der Waals surface area contributed by atoms with Gasteiger partial charge in [0.2, 0.25) is 0 Å². The van der Waals surface area contributed by atoms with Gasteiger partial charge in [0.1, 0.15) is 5.69 Å². The number of para-hydroxylation sites is 1. The van der Waals surface area contributed by atoms with E-state index in [0.29, 0.717) is 11.3 Å². The van der Waals surface area contributed by atoms with Crippen molar-refractivity contribution in [2.45, 2.75) is 12.8 Å². The number of allylic oxidation sites excluding steroid dienone is 1. The van der Waals surface area contributed by atoms with Crippen molar-refractivity contribution >= 4 is 23.9 Å². The minimum absolute atomic E-state index is 0.00514. The van der Waals surface area contributed by atoms with Crippen LogP contribution in [0.1, 0.15) is 27.2 Å². The second-order valence-electron chi connectivity index (χ2n) is 6.48. The van der Waals surface area contributed by atoms with Crippen molar-refractivity contribution in [3.8, 4) is 11.3 Å². The Labute approximate surface area is 166 Å². The number of H-pyrrole nitrogens is 1. The number of amides is 1. The average Bonchev–Trinajstić information content (AvgIpc) is 3.18. The Morgan fingerprint density at radius 3 is 2.83 bits per heavy atom. The van der Waals surface area contributed by atoms with Crippen LogP contribution < -0.4 is 5.43 Å². The van der Waals surface area contributed by atoms with Crippen molar-refractivity contribution in [2.75, 3.05) is 0 Å². The van der Waals surface area contributed by atoms with Crippen LogP contribution in [0.15, 0.2) is 59.7 Å². The minimum atomic E-state index is -0.446. The molecule has 29 heavy (non-hydrogen) atoms. The third-order valence-electron chi connectivity index (χ3n) is 4.75. The van der Waals surface area contributed by atoms with Gasteiger partial charge in [0, 0.05) is 23.4 Å². The lowest BCUT2D eigenvalue weighted by atomic mass is 9.89. The quantitative estimate of drug-likeness (QED) is 0.396. The smallest absolute Gasteiger partial charge is 0.272 e. The molecule has 8 nitrogen and oxygen atoms in total. The molecule has 0 radical (unpaired) electrons. The van der Waals surface area contributed by atoms with Gasteiger partial charge in [-0.1, -0.05) is 36.4 Å². The molecule has 0 fully saturated rings. The molecule has 1 aliphatic rings. The van der Waals surface area contributed by atoms with Gasteiger partial charge in [0.15, 0.2) is 0 Å². The van der Waals surface area contributed by atoms with Gasteiger partial charge in [0.05, 0.1) is 16.2 Å². The number of nitro benzene ring substituents is 1. The zero-order valence-electron chi connectivity index (χ0n) is 15.3. The number of aromatic amines is 1. The Hall–Kier alpha value is -4.07. The molecule has 0 saturated carbocycles. The van der Waals surface area contributed by atoms with E-state index in [9.17, 15) is 14.9 Å². The number of carbonyl (C=O) groups excluding carboxylic acids is 1. The summed E-state index contributed by atoms with van der Waals surface area (Å²) in [6.07, 6.45) is 6.04. The van der Waals surface area contributed by atoms with Crippen molar-refractivity contribution in [1.82, 2.24) is 15.6 Å². The number of rotatable bonds is 5. The zero-order chi connectivity index (χ0) is 20.2. The van der Waals surface area contributed by atoms with Crippen molar-refractivity contribution in [3.05, 3.63) is 87.1 Å². The fourth-order valence-corrected chi connectivity index (χ4v) is 3.38. The van der Waals surface area contributed by atoms with Crippen LogP contribution in [0.3, 0.4) is 0 Å². The van der Waals surface area contributed by atoms with E-state index >= 15 is 0 Å². The molecule has 1 heterocycles. The molecule has 0 saturated heterocycles. The molecule has 0 unspecified atom stereocenters. The molecule has 8 heteroatoms. The molecule has 0 spiro atoms. The van der Waals surface area contributed by atoms with Gasteiger partial charge in [-0.3, -0.25) is 20.0 Å². The van der Waals surface area contributed by atoms with Crippen LogP contribution in [0, 0.1) is 10.1 Å². The third-order valence-corrected chi connectivity index (χ3v) is 4.75. The molecular formula is C21H17N5O3. The lowest BCUT2D eigenvalue weighted by molar-refractivity contribution is -0.385. The van der Waals surface area contributed by atoms with E-state index < -0.39 is 4.92 Å². The first kappa shape index (κ1) is 18.3. The lowest BCUT2D eigenvalue weighted by Gasteiger charge is -2.15. The minimum Gasteiger partial charge on any atom is -0.272 e. The number of hydrogen-bond donors (Lipinski definition) is 2. The van der Waals surface area contributed by atoms with Crippen LogP contribution in [-0.2, 0) is 12.8 Å². The average molecular weight is 387 g/mol. The Bertz CT molecular complexity index is 1150. The van der Waals surface area contributed by atoms with E-state index in [-0.39, 0.29) is 11.6 Å². The van der Waals surface area contributed by atoms with E-state index in [4.69, 9.17) is 0 Å². The summed E-state index contributed by atoms with van der Waals surface area (Å²) in [5.74, 6) is -0.381. The number of hydrogen-bond acceptors (Lipinski definition) is 5. The van der Waals surface area contributed by atoms with E-state index in [2.05, 4.69) is 26.8 Å². The van der Waals surface area contributed by atoms with Gasteiger partial charge in [0.25, 0.3) is 11.6 Å². The molecule has 2 N–H and O–H groups in total. The van der Waals surface area contributed by atoms with Crippen LogP contribution in [0.25, 0.3) is 17.3 Å². The maximum atomic E-state index is 12.5. The normalized spacial score (nSPS) is 12.7. The SMILES string of the molecule is O=C(NN=CC=Cc1ccccc1[N+](=O)[O-])c1[nH]nc2c1CCc1ccccc1-2. The molecule has 1 amide bonds. The van der Waals surface area contributed by atoms with E-state index in [1.165, 1.54) is 23.9 Å². The summed E-state index contributed by atoms with van der Waals surface area (Å²) in [5.41, 5.74) is 7.26. The Morgan fingerprint density at radius 1 is 1.17 bits per heavy atom. The predicted molar refractivity (Wildman–Crippen MR) is 110 cm³/mol. The van der Waals surface area contributed by atoms with Crippen LogP contribution in [0.2, 0.25) is 0 Å². The maximum Gasteiger partial charge on any atom is 0.289 e. The number of carbonyl (C=O) groups is 1. The van der Waals surface area contributed by atoms with Crippen LogP contribution in [0.5, 0.6) is 0 Å². The molecule has 2 aromatic carbocycles. The number of hydrazone groups is 1. The molecule has 0 atom stereocenters. The van der Waals surface area contributed by atoms with Crippen molar-refractivity contribution in [1.29, 1.82) is 0 Å². The van der Waals surface area contributed by atoms with E-state index in [0.717, 1.165) is 29.7 Å². The number of benzene rings is 2. The fourth-order valence-electron chi connectivity index (χ4n) is 3.38.